The van der Waals surface area contributed by atoms with E-state index in [1.54, 1.807) is 42.5 Å². The van der Waals surface area contributed by atoms with Crippen molar-refractivity contribution in [2.45, 2.75) is 19.9 Å². The smallest absolute Gasteiger partial charge is 0.258 e. The largest absolute Gasteiger partial charge is 0.497 e. The van der Waals surface area contributed by atoms with Crippen molar-refractivity contribution in [3.8, 4) is 5.75 Å². The summed E-state index contributed by atoms with van der Waals surface area (Å²) in [6.07, 6.45) is 1.77. The standard InChI is InChI=1S/C22H20ClN3O4/c1-3-26(11-20-24-18-9-14(23)4-6-17(18)22(28)25-20)21(27)8-13-12-30-19-10-15(29-2)5-7-16(13)19/h4-7,9-10,12H,3,8,11H2,1-2H3,(H,24,25,28). The lowest BCUT2D eigenvalue weighted by Crippen LogP contribution is -2.33. The fourth-order valence-corrected chi connectivity index (χ4v) is 3.56. The number of aromatic amines is 1. The first-order valence-corrected chi connectivity index (χ1v) is 9.86. The van der Waals surface area contributed by atoms with Gasteiger partial charge in [-0.15, -0.1) is 0 Å². The molecule has 7 nitrogen and oxygen atoms in total. The van der Waals surface area contributed by atoms with Gasteiger partial charge in [0.1, 0.15) is 17.2 Å². The van der Waals surface area contributed by atoms with Crippen molar-refractivity contribution >= 4 is 39.4 Å². The lowest BCUT2D eigenvalue weighted by atomic mass is 10.1. The van der Waals surface area contributed by atoms with E-state index < -0.39 is 0 Å². The number of carbonyl (C=O) groups is 1. The molecule has 0 aliphatic rings. The van der Waals surface area contributed by atoms with Gasteiger partial charge in [-0.2, -0.15) is 0 Å². The van der Waals surface area contributed by atoms with Crippen LogP contribution in [-0.4, -0.2) is 34.4 Å². The average Bonchev–Trinajstić information content (AvgIpc) is 3.13. The summed E-state index contributed by atoms with van der Waals surface area (Å²) in [5, 5.41) is 1.82. The fraction of sp³-hybridized carbons (Fsp3) is 0.227. The van der Waals surface area contributed by atoms with Crippen LogP contribution in [0.5, 0.6) is 5.75 Å². The maximum atomic E-state index is 12.9. The van der Waals surface area contributed by atoms with Crippen LogP contribution < -0.4 is 10.3 Å². The summed E-state index contributed by atoms with van der Waals surface area (Å²) in [5.74, 6) is 1.01. The van der Waals surface area contributed by atoms with Crippen molar-refractivity contribution < 1.29 is 13.9 Å². The first-order valence-electron chi connectivity index (χ1n) is 9.49. The van der Waals surface area contributed by atoms with E-state index in [-0.39, 0.29) is 24.4 Å². The van der Waals surface area contributed by atoms with Crippen LogP contribution >= 0.6 is 11.6 Å². The van der Waals surface area contributed by atoms with Crippen molar-refractivity contribution in [2.24, 2.45) is 0 Å². The minimum atomic E-state index is -0.259. The van der Waals surface area contributed by atoms with E-state index >= 15 is 0 Å². The molecule has 8 heteroatoms. The van der Waals surface area contributed by atoms with E-state index in [9.17, 15) is 9.59 Å². The summed E-state index contributed by atoms with van der Waals surface area (Å²) < 4.78 is 10.8. The quantitative estimate of drug-likeness (QED) is 0.505. The van der Waals surface area contributed by atoms with Gasteiger partial charge in [-0.1, -0.05) is 11.6 Å². The molecule has 0 fully saturated rings. The van der Waals surface area contributed by atoms with Gasteiger partial charge >= 0.3 is 0 Å². The molecule has 0 atom stereocenters. The summed E-state index contributed by atoms with van der Waals surface area (Å²) in [7, 11) is 1.59. The third-order valence-electron chi connectivity index (χ3n) is 5.00. The number of hydrogen-bond acceptors (Lipinski definition) is 5. The van der Waals surface area contributed by atoms with Gasteiger partial charge in [0.2, 0.25) is 5.91 Å². The molecule has 2 aromatic heterocycles. The molecule has 2 aromatic carbocycles. The molecular formula is C22H20ClN3O4. The van der Waals surface area contributed by atoms with Gasteiger partial charge in [-0.05, 0) is 37.3 Å². The second-order valence-electron chi connectivity index (χ2n) is 6.88. The number of nitrogens with one attached hydrogen (secondary N) is 1. The molecule has 1 N–H and O–H groups in total. The minimum Gasteiger partial charge on any atom is -0.497 e. The molecule has 0 aliphatic heterocycles. The van der Waals surface area contributed by atoms with Crippen LogP contribution in [0.25, 0.3) is 21.9 Å². The zero-order valence-electron chi connectivity index (χ0n) is 16.6. The number of halogens is 1. The summed E-state index contributed by atoms with van der Waals surface area (Å²) in [5.41, 5.74) is 1.70. The van der Waals surface area contributed by atoms with Crippen LogP contribution in [0.3, 0.4) is 0 Å². The van der Waals surface area contributed by atoms with Crippen molar-refractivity contribution in [1.29, 1.82) is 0 Å². The number of fused-ring (bicyclic) bond motifs is 2. The molecule has 0 bridgehead atoms. The molecule has 1 amide bonds. The summed E-state index contributed by atoms with van der Waals surface area (Å²) in [6, 6.07) is 10.4. The Labute approximate surface area is 177 Å². The monoisotopic (exact) mass is 425 g/mol. The number of benzene rings is 2. The highest BCUT2D eigenvalue weighted by molar-refractivity contribution is 6.31. The molecule has 0 radical (unpaired) electrons. The molecule has 154 valence electrons. The molecular weight excluding hydrogens is 406 g/mol. The fourth-order valence-electron chi connectivity index (χ4n) is 3.40. The number of rotatable bonds is 6. The van der Waals surface area contributed by atoms with Crippen molar-refractivity contribution in [1.82, 2.24) is 14.9 Å². The maximum absolute atomic E-state index is 12.9. The number of amides is 1. The van der Waals surface area contributed by atoms with Crippen LogP contribution in [0.4, 0.5) is 0 Å². The van der Waals surface area contributed by atoms with Crippen LogP contribution in [0, 0.1) is 0 Å². The highest BCUT2D eigenvalue weighted by Crippen LogP contribution is 2.26. The lowest BCUT2D eigenvalue weighted by molar-refractivity contribution is -0.131. The lowest BCUT2D eigenvalue weighted by Gasteiger charge is -2.20. The van der Waals surface area contributed by atoms with Crippen LogP contribution in [0.2, 0.25) is 5.02 Å². The Hall–Kier alpha value is -3.32. The van der Waals surface area contributed by atoms with Gasteiger partial charge in [0, 0.05) is 28.6 Å². The molecule has 4 aromatic rings. The normalized spacial score (nSPS) is 11.2. The average molecular weight is 426 g/mol. The second-order valence-corrected chi connectivity index (χ2v) is 7.32. The number of ether oxygens (including phenoxy) is 1. The second kappa shape index (κ2) is 8.20. The number of H-pyrrole nitrogens is 1. The number of aromatic nitrogens is 2. The Balaban J connectivity index is 1.56. The number of furan rings is 1. The Morgan fingerprint density at radius 1 is 1.23 bits per heavy atom. The van der Waals surface area contributed by atoms with E-state index in [1.807, 2.05) is 19.1 Å². The van der Waals surface area contributed by atoms with Gasteiger partial charge in [0.05, 0.1) is 37.2 Å². The van der Waals surface area contributed by atoms with Gasteiger partial charge in [-0.3, -0.25) is 9.59 Å². The Morgan fingerprint density at radius 3 is 2.80 bits per heavy atom. The number of methoxy groups -OCH3 is 1. The van der Waals surface area contributed by atoms with E-state index in [0.717, 1.165) is 10.9 Å². The topological polar surface area (TPSA) is 88.4 Å². The molecule has 0 spiro atoms. The van der Waals surface area contributed by atoms with Crippen LogP contribution in [-0.2, 0) is 17.8 Å². The Kier molecular flexibility index (Phi) is 5.46. The first kappa shape index (κ1) is 20.0. The summed E-state index contributed by atoms with van der Waals surface area (Å²) >= 11 is 6.02. The minimum absolute atomic E-state index is 0.0927. The van der Waals surface area contributed by atoms with Crippen molar-refractivity contribution in [3.05, 3.63) is 69.4 Å². The maximum Gasteiger partial charge on any atom is 0.258 e. The van der Waals surface area contributed by atoms with E-state index in [4.69, 9.17) is 20.8 Å². The number of likely N-dealkylation sites (N-methyl/N-ethyl adjacent to an activating group) is 1. The van der Waals surface area contributed by atoms with Gasteiger partial charge < -0.3 is 19.0 Å². The molecule has 2 heterocycles. The molecule has 4 rings (SSSR count). The van der Waals surface area contributed by atoms with Crippen molar-refractivity contribution in [3.63, 3.8) is 0 Å². The molecule has 0 saturated heterocycles. The third kappa shape index (κ3) is 3.89. The van der Waals surface area contributed by atoms with Gasteiger partial charge in [-0.25, -0.2) is 4.98 Å². The van der Waals surface area contributed by atoms with Crippen molar-refractivity contribution in [2.75, 3.05) is 13.7 Å². The summed E-state index contributed by atoms with van der Waals surface area (Å²) in [4.78, 5) is 34.1. The van der Waals surface area contributed by atoms with Gasteiger partial charge in [0.25, 0.3) is 5.56 Å². The van der Waals surface area contributed by atoms with E-state index in [0.29, 0.717) is 39.6 Å². The highest BCUT2D eigenvalue weighted by Gasteiger charge is 2.18. The third-order valence-corrected chi connectivity index (χ3v) is 5.23. The van der Waals surface area contributed by atoms with E-state index in [2.05, 4.69) is 9.97 Å². The summed E-state index contributed by atoms with van der Waals surface area (Å²) in [6.45, 7) is 2.54. The zero-order valence-corrected chi connectivity index (χ0v) is 17.3. The number of hydrogen-bond donors (Lipinski definition) is 1. The van der Waals surface area contributed by atoms with Crippen LogP contribution in [0.1, 0.15) is 18.3 Å². The molecule has 0 unspecified atom stereocenters. The molecule has 30 heavy (non-hydrogen) atoms. The van der Waals surface area contributed by atoms with Crippen LogP contribution in [0.15, 0.2) is 51.9 Å². The Morgan fingerprint density at radius 2 is 2.03 bits per heavy atom. The first-order chi connectivity index (χ1) is 14.5. The van der Waals surface area contributed by atoms with Gasteiger partial charge in [0.15, 0.2) is 0 Å². The number of nitrogens with zero attached hydrogens (tertiary/aromatic N) is 2. The number of carbonyl (C=O) groups excluding carboxylic acids is 1. The van der Waals surface area contributed by atoms with E-state index in [1.165, 1.54) is 0 Å². The Bertz CT molecular complexity index is 1290. The molecule has 0 saturated carbocycles. The zero-order chi connectivity index (χ0) is 21.3. The predicted octanol–water partition coefficient (Wildman–Crippen LogP) is 3.92. The SMILES string of the molecule is CCN(Cc1nc2cc(Cl)ccc2c(=O)[nH]1)C(=O)Cc1coc2cc(OC)ccc12. The predicted molar refractivity (Wildman–Crippen MR) is 115 cm³/mol. The molecule has 0 aliphatic carbocycles. The highest BCUT2D eigenvalue weighted by atomic mass is 35.5.